The maximum Gasteiger partial charge on any atom is 0.308 e. The van der Waals surface area contributed by atoms with Crippen molar-refractivity contribution in [2.45, 2.75) is 321 Å². The van der Waals surface area contributed by atoms with Gasteiger partial charge in [-0.15, -0.1) is 0 Å². The lowest BCUT2D eigenvalue weighted by Crippen LogP contribution is -2.64. The number of carbonyl (C=O) groups excluding carboxylic acids is 7. The number of benzene rings is 5. The number of rotatable bonds is 31. The minimum Gasteiger partial charge on any atom is -0.488 e. The fourth-order valence-corrected chi connectivity index (χ4v) is 16.9. The lowest BCUT2D eigenvalue weighted by Gasteiger charge is -2.35. The number of β-amino-alcohol motifs (C(OH)–C–C–N with tert-alkyl or cyclic N) is 1. The normalized spacial score (nSPS) is 23.0. The molecule has 7 rings (SSSR count). The predicted octanol–water partition coefficient (Wildman–Crippen LogP) is 5.68. The van der Waals surface area contributed by atoms with E-state index in [1.807, 2.05) is 134 Å². The summed E-state index contributed by atoms with van der Waals surface area (Å²) in [5, 5.41) is 104. The molecule has 0 spiro atoms. The minimum absolute atomic E-state index is 0.0354. The summed E-state index contributed by atoms with van der Waals surface area (Å²) in [7, 11) is 2.00. The topological polar surface area (TPSA) is 463 Å². The Morgan fingerprint density at radius 1 is 0.608 bits per heavy atom. The number of ether oxygens (including phenoxy) is 5. The van der Waals surface area contributed by atoms with Crippen LogP contribution in [0, 0.1) is 5.92 Å². The molecule has 3 unspecified atom stereocenters. The molecule has 33 heteroatoms. The van der Waals surface area contributed by atoms with Crippen LogP contribution in [0.4, 0.5) is 0 Å². The molecule has 0 bridgehead atoms. The zero-order valence-electron chi connectivity index (χ0n) is 75.9. The Balaban J connectivity index is 1.37. The van der Waals surface area contributed by atoms with E-state index in [9.17, 15) is 40.2 Å². The molecule has 2 heterocycles. The number of nitrogens with two attached hydrogens (primary N) is 2. The maximum absolute atomic E-state index is 15.7. The summed E-state index contributed by atoms with van der Waals surface area (Å²) in [6.07, 6.45) is -11.5. The van der Waals surface area contributed by atoms with Gasteiger partial charge in [0, 0.05) is 43.7 Å². The molecule has 17 atom stereocenters. The molecular formula is C92H141N13O18S2. The first-order chi connectivity index (χ1) is 58.5. The van der Waals surface area contributed by atoms with Crippen LogP contribution in [0.1, 0.15) is 185 Å². The van der Waals surface area contributed by atoms with Crippen LogP contribution in [-0.2, 0) is 80.1 Å². The quantitative estimate of drug-likeness (QED) is 0.0144. The van der Waals surface area contributed by atoms with Crippen LogP contribution in [-0.4, -0.2) is 234 Å². The third-order valence-electron chi connectivity index (χ3n) is 20.1. The fourth-order valence-electron chi connectivity index (χ4n) is 14.5. The van der Waals surface area contributed by atoms with Gasteiger partial charge >= 0.3 is 11.9 Å². The van der Waals surface area contributed by atoms with Gasteiger partial charge in [0.1, 0.15) is 89.4 Å². The second-order valence-electron chi connectivity index (χ2n) is 37.8. The average Bonchev–Trinajstić information content (AvgIpc) is 1.82. The van der Waals surface area contributed by atoms with E-state index in [0.717, 1.165) is 43.8 Å². The van der Waals surface area contributed by atoms with Crippen molar-refractivity contribution in [2.75, 3.05) is 24.6 Å². The summed E-state index contributed by atoms with van der Waals surface area (Å²) in [6, 6.07) is 24.8. The molecule has 0 radical (unpaired) electrons. The van der Waals surface area contributed by atoms with Crippen molar-refractivity contribution in [1.82, 2.24) is 58.1 Å². The van der Waals surface area contributed by atoms with Crippen molar-refractivity contribution in [1.29, 1.82) is 0 Å². The molecule has 2 saturated heterocycles. The van der Waals surface area contributed by atoms with Gasteiger partial charge in [0.25, 0.3) is 0 Å². The van der Waals surface area contributed by atoms with Crippen molar-refractivity contribution in [3.8, 4) is 22.6 Å². The maximum atomic E-state index is 15.7. The second kappa shape index (κ2) is 47.9. The zero-order chi connectivity index (χ0) is 92.5. The molecule has 0 aliphatic carbocycles. The van der Waals surface area contributed by atoms with Gasteiger partial charge in [0.15, 0.2) is 0 Å². The van der Waals surface area contributed by atoms with Gasteiger partial charge in [0.05, 0.1) is 60.8 Å². The number of amides is 5. The summed E-state index contributed by atoms with van der Waals surface area (Å²) < 4.78 is 30.3. The SMILES string of the molecule is CC(C)C[C@H](N)[C@@H](O)N1CCC[C@H]1C(=O)N[C@H]1CSSC[C@@H](C(O)N[C@@H](Cc2ccc(-c3ccccc3)cc2)C(=O)N[C@@H](CC(=O)OC(C)(C)C)[C@@H](O)NCc2cccc(CN)c2)NC(=O)[C@H](C(C)OC(C)(C)C)N[C@H](O)CN[C@@H](O)[C@H](Cc2ccc(OC(C)(C)C)cc2)NC(O)[C@H](Cc2ccc(OC(C)(C)C)cc2)NC(=O)[C@H](CC(=O)OC(C)(C)C)NC1=O. The predicted molar refractivity (Wildman–Crippen MR) is 486 cm³/mol. The van der Waals surface area contributed by atoms with Gasteiger partial charge in [-0.2, -0.15) is 0 Å². The summed E-state index contributed by atoms with van der Waals surface area (Å²) in [5.41, 5.74) is 13.5. The Morgan fingerprint density at radius 2 is 1.18 bits per heavy atom. The van der Waals surface area contributed by atoms with Crippen LogP contribution < -0.4 is 74.1 Å². The summed E-state index contributed by atoms with van der Waals surface area (Å²) in [6.45, 7) is 32.2. The smallest absolute Gasteiger partial charge is 0.308 e. The Labute approximate surface area is 745 Å². The Kier molecular flexibility index (Phi) is 39.9. The zero-order valence-corrected chi connectivity index (χ0v) is 77.5. The van der Waals surface area contributed by atoms with Gasteiger partial charge < -0.3 is 92.4 Å². The second-order valence-corrected chi connectivity index (χ2v) is 40.3. The third-order valence-corrected chi connectivity index (χ3v) is 22.6. The van der Waals surface area contributed by atoms with E-state index in [0.29, 0.717) is 41.0 Å². The Hall–Kier alpha value is -7.91. The summed E-state index contributed by atoms with van der Waals surface area (Å²) >= 11 is 0. The van der Waals surface area contributed by atoms with Crippen molar-refractivity contribution in [3.05, 3.63) is 155 Å². The molecule has 2 aliphatic heterocycles. The van der Waals surface area contributed by atoms with E-state index in [-0.39, 0.29) is 62.7 Å². The highest BCUT2D eigenvalue weighted by Crippen LogP contribution is 2.30. The van der Waals surface area contributed by atoms with Crippen LogP contribution >= 0.6 is 21.6 Å². The number of nitrogens with one attached hydrogen (secondary N) is 10. The average molecular weight is 1780 g/mol. The molecule has 5 amide bonds. The highest BCUT2D eigenvalue weighted by atomic mass is 33.1. The minimum atomic E-state index is -1.91. The Bertz CT molecular complexity index is 4200. The van der Waals surface area contributed by atoms with E-state index in [4.69, 9.17) is 35.2 Å². The standard InChI is InChI=1S/C92H141N13O18S2/c1-54(2)42-65(94)87(118)105-41-23-28-73(105)85(116)102-71-52-124-125-53-72(84(115)99-68(45-56-29-35-62(36-30-56)61-26-20-19-21-27-61)81(112)100-69(47-75(107)122-91(13,14)15)79(110)95-50-60-25-22-24-59(43-60)49-93)103-86(117)77(55(3)119-88(4,5)6)104-74(106)51-96-78(109)66(44-57-31-37-63(38-32-57)120-89(7,8)9)97-80(111)67(46-58-33-39-64(40-34-58)121-90(10,11)12)98-82(113)70(101-83(71)114)48-76(108)123-92(16,17)18/h19-22,24-27,29-40,43,54-55,65-74,77-80,84,87,95-97,99,104,106,109-111,115,118H,23,28,41-42,44-53,93-94H2,1-18H3,(H,98,113)(H,100,112)(H,101,114)(H,102,116)(H,103,117)/t55?,65-,66-,67-,68-,69-,70-,71-,72-,73-,74+,77-,78-,79+,80?,84?,87+/m0/s1. The lowest BCUT2D eigenvalue weighted by atomic mass is 9.99. The van der Waals surface area contributed by atoms with Crippen LogP contribution in [0.2, 0.25) is 0 Å². The number of nitrogens with zero attached hydrogens (tertiary/aromatic N) is 1. The monoisotopic (exact) mass is 1780 g/mol. The van der Waals surface area contributed by atoms with Crippen LogP contribution in [0.15, 0.2) is 127 Å². The molecule has 5 aromatic carbocycles. The van der Waals surface area contributed by atoms with Crippen LogP contribution in [0.3, 0.4) is 0 Å². The van der Waals surface area contributed by atoms with Crippen LogP contribution in [0.25, 0.3) is 11.1 Å². The molecule has 31 nitrogen and oxygen atoms in total. The first-order valence-corrected chi connectivity index (χ1v) is 45.7. The number of esters is 2. The largest absolute Gasteiger partial charge is 0.488 e. The fraction of sp³-hybridized carbons (Fsp3) is 0.598. The number of aliphatic hydroxyl groups excluding tert-OH is 6. The number of hydrogen-bond acceptors (Lipinski definition) is 28. The molecule has 2 fully saturated rings. The van der Waals surface area contributed by atoms with Crippen LogP contribution in [0.5, 0.6) is 11.5 Å². The number of carbonyl (C=O) groups is 7. The number of aliphatic hydroxyl groups is 6. The van der Waals surface area contributed by atoms with E-state index in [1.165, 1.54) is 0 Å². The van der Waals surface area contributed by atoms with Gasteiger partial charge in [-0.25, -0.2) is 0 Å². The molecule has 2 aliphatic rings. The first-order valence-electron chi connectivity index (χ1n) is 43.2. The summed E-state index contributed by atoms with van der Waals surface area (Å²) in [5.74, 6) is -5.44. The van der Waals surface area contributed by atoms with E-state index >= 15 is 24.0 Å². The van der Waals surface area contributed by atoms with Gasteiger partial charge in [-0.05, 0) is 218 Å². The number of likely N-dealkylation sites (tertiary alicyclic amines) is 1. The van der Waals surface area contributed by atoms with Crippen molar-refractivity contribution in [3.63, 3.8) is 0 Å². The number of hydrogen-bond donors (Lipinski definition) is 18. The van der Waals surface area contributed by atoms with Gasteiger partial charge in [0.2, 0.25) is 29.5 Å². The van der Waals surface area contributed by atoms with Crippen molar-refractivity contribution in [2.24, 2.45) is 17.4 Å². The first kappa shape index (κ1) is 104. The Morgan fingerprint density at radius 3 is 1.75 bits per heavy atom. The third kappa shape index (κ3) is 37.0. The lowest BCUT2D eigenvalue weighted by molar-refractivity contribution is -0.157. The molecule has 125 heavy (non-hydrogen) atoms. The molecular weight excluding hydrogens is 1640 g/mol. The molecule has 694 valence electrons. The van der Waals surface area contributed by atoms with Crippen molar-refractivity contribution >= 4 is 63.1 Å². The molecule has 5 aromatic rings. The van der Waals surface area contributed by atoms with Gasteiger partial charge in [-0.3, -0.25) is 65.0 Å². The van der Waals surface area contributed by atoms with Crippen molar-refractivity contribution < 1.29 is 87.9 Å². The molecule has 0 aromatic heterocycles. The van der Waals surface area contributed by atoms with E-state index < -0.39 is 193 Å². The van der Waals surface area contributed by atoms with E-state index in [1.54, 1.807) is 123 Å². The molecule has 0 saturated carbocycles. The summed E-state index contributed by atoms with van der Waals surface area (Å²) in [4.78, 5) is 107. The molecule has 20 N–H and O–H groups in total. The van der Waals surface area contributed by atoms with E-state index in [2.05, 4.69) is 53.2 Å². The van der Waals surface area contributed by atoms with Gasteiger partial charge in [-0.1, -0.05) is 139 Å². The highest BCUT2D eigenvalue weighted by Gasteiger charge is 2.42. The highest BCUT2D eigenvalue weighted by molar-refractivity contribution is 8.76.